The SMILES string of the molecule is COCCN(CC(C)C)C(=O)NC(C)(C)CCC(=O)O. The molecule has 0 heterocycles. The van der Waals surface area contributed by atoms with Gasteiger partial charge >= 0.3 is 12.0 Å². The Bertz CT molecular complexity index is 316. The summed E-state index contributed by atoms with van der Waals surface area (Å²) in [6, 6.07) is -0.175. The molecule has 0 saturated carbocycles. The average Bonchev–Trinajstić information content (AvgIpc) is 2.31. The Hall–Kier alpha value is -1.30. The highest BCUT2D eigenvalue weighted by Crippen LogP contribution is 2.12. The van der Waals surface area contributed by atoms with Crippen molar-refractivity contribution in [2.75, 3.05) is 26.8 Å². The summed E-state index contributed by atoms with van der Waals surface area (Å²) in [7, 11) is 1.60. The predicted molar refractivity (Wildman–Crippen MR) is 77.8 cm³/mol. The molecule has 6 heteroatoms. The summed E-state index contributed by atoms with van der Waals surface area (Å²) in [5, 5.41) is 11.6. The summed E-state index contributed by atoms with van der Waals surface area (Å²) in [5.41, 5.74) is -0.544. The molecule has 0 atom stereocenters. The third kappa shape index (κ3) is 8.74. The third-order valence-electron chi connectivity index (χ3n) is 2.85. The van der Waals surface area contributed by atoms with Crippen LogP contribution in [0.1, 0.15) is 40.5 Å². The number of nitrogens with one attached hydrogen (secondary N) is 1. The van der Waals surface area contributed by atoms with Gasteiger partial charge in [-0.05, 0) is 26.2 Å². The third-order valence-corrected chi connectivity index (χ3v) is 2.85. The number of nitrogens with zero attached hydrogens (tertiary/aromatic N) is 1. The lowest BCUT2D eigenvalue weighted by atomic mass is 9.99. The van der Waals surface area contributed by atoms with Gasteiger partial charge in [-0.15, -0.1) is 0 Å². The van der Waals surface area contributed by atoms with Crippen molar-refractivity contribution in [1.29, 1.82) is 0 Å². The summed E-state index contributed by atoms with van der Waals surface area (Å²) in [6.07, 6.45) is 0.434. The normalized spacial score (nSPS) is 11.5. The second-order valence-electron chi connectivity index (χ2n) is 6.04. The first-order valence-electron chi connectivity index (χ1n) is 6.95. The summed E-state index contributed by atoms with van der Waals surface area (Å²) in [4.78, 5) is 24.6. The lowest BCUT2D eigenvalue weighted by molar-refractivity contribution is -0.137. The Kier molecular flexibility index (Phi) is 8.22. The molecule has 0 fully saturated rings. The number of hydrogen-bond acceptors (Lipinski definition) is 3. The standard InChI is InChI=1S/C14H28N2O4/c1-11(2)10-16(8-9-20-5)13(19)15-14(3,4)7-6-12(17)18/h11H,6-10H2,1-5H3,(H,15,19)(H,17,18). The first-order chi connectivity index (χ1) is 9.18. The Morgan fingerprint density at radius 3 is 2.40 bits per heavy atom. The molecule has 0 spiro atoms. The Morgan fingerprint density at radius 2 is 1.95 bits per heavy atom. The number of aliphatic carboxylic acids is 1. The molecule has 6 nitrogen and oxygen atoms in total. The molecule has 0 rings (SSSR count). The highest BCUT2D eigenvalue weighted by Gasteiger charge is 2.24. The van der Waals surface area contributed by atoms with Gasteiger partial charge in [0.05, 0.1) is 6.61 Å². The fraction of sp³-hybridized carbons (Fsp3) is 0.857. The number of hydrogen-bond donors (Lipinski definition) is 2. The summed E-state index contributed by atoms with van der Waals surface area (Å²) < 4.78 is 5.01. The van der Waals surface area contributed by atoms with E-state index in [0.717, 1.165) is 0 Å². The van der Waals surface area contributed by atoms with Gasteiger partial charge in [0.1, 0.15) is 0 Å². The minimum absolute atomic E-state index is 0.0372. The molecule has 0 aliphatic heterocycles. The number of rotatable bonds is 9. The van der Waals surface area contributed by atoms with Crippen LogP contribution in [0.15, 0.2) is 0 Å². The zero-order valence-corrected chi connectivity index (χ0v) is 13.2. The highest BCUT2D eigenvalue weighted by atomic mass is 16.5. The quantitative estimate of drug-likeness (QED) is 0.679. The van der Waals surface area contributed by atoms with E-state index in [2.05, 4.69) is 5.32 Å². The second-order valence-corrected chi connectivity index (χ2v) is 6.04. The lowest BCUT2D eigenvalue weighted by Gasteiger charge is -2.31. The molecule has 2 amide bonds. The molecule has 20 heavy (non-hydrogen) atoms. The van der Waals surface area contributed by atoms with E-state index >= 15 is 0 Å². The van der Waals surface area contributed by atoms with Crippen LogP contribution in [0.4, 0.5) is 4.79 Å². The fourth-order valence-electron chi connectivity index (χ4n) is 1.77. The summed E-state index contributed by atoms with van der Waals surface area (Å²) >= 11 is 0. The largest absolute Gasteiger partial charge is 0.481 e. The summed E-state index contributed by atoms with van der Waals surface area (Å²) in [6.45, 7) is 9.40. The van der Waals surface area contributed by atoms with Crippen LogP contribution in [-0.4, -0.2) is 54.4 Å². The van der Waals surface area contributed by atoms with Gasteiger partial charge in [0.15, 0.2) is 0 Å². The van der Waals surface area contributed by atoms with Crippen molar-refractivity contribution in [1.82, 2.24) is 10.2 Å². The molecular weight excluding hydrogens is 260 g/mol. The van der Waals surface area contributed by atoms with Crippen molar-refractivity contribution in [2.45, 2.75) is 46.1 Å². The van der Waals surface area contributed by atoms with Crippen LogP contribution in [0, 0.1) is 5.92 Å². The molecule has 0 aromatic carbocycles. The van der Waals surface area contributed by atoms with Crippen molar-refractivity contribution in [2.24, 2.45) is 5.92 Å². The molecule has 2 N–H and O–H groups in total. The molecule has 0 aliphatic rings. The molecule has 0 aliphatic carbocycles. The van der Waals surface area contributed by atoms with Crippen LogP contribution < -0.4 is 5.32 Å². The number of carboxylic acid groups (broad SMARTS) is 1. The summed E-state index contributed by atoms with van der Waals surface area (Å²) in [5.74, 6) is -0.495. The maximum absolute atomic E-state index is 12.3. The van der Waals surface area contributed by atoms with Crippen molar-refractivity contribution >= 4 is 12.0 Å². The molecule has 0 saturated heterocycles. The molecule has 0 radical (unpaired) electrons. The predicted octanol–water partition coefficient (Wildman–Crippen LogP) is 1.94. The minimum Gasteiger partial charge on any atom is -0.481 e. The van der Waals surface area contributed by atoms with E-state index in [9.17, 15) is 9.59 Å². The maximum Gasteiger partial charge on any atom is 0.317 e. The average molecular weight is 288 g/mol. The number of methoxy groups -OCH3 is 1. The molecule has 0 aromatic rings. The highest BCUT2D eigenvalue weighted by molar-refractivity contribution is 5.75. The fourth-order valence-corrected chi connectivity index (χ4v) is 1.77. The van der Waals surface area contributed by atoms with E-state index in [-0.39, 0.29) is 12.5 Å². The Labute approximate surface area is 121 Å². The van der Waals surface area contributed by atoms with Crippen LogP contribution in [0.3, 0.4) is 0 Å². The van der Waals surface area contributed by atoms with E-state index in [1.165, 1.54) is 0 Å². The van der Waals surface area contributed by atoms with E-state index < -0.39 is 11.5 Å². The van der Waals surface area contributed by atoms with Crippen LogP contribution in [-0.2, 0) is 9.53 Å². The smallest absolute Gasteiger partial charge is 0.317 e. The first-order valence-corrected chi connectivity index (χ1v) is 6.95. The number of amides is 2. The van der Waals surface area contributed by atoms with E-state index in [0.29, 0.717) is 32.0 Å². The Morgan fingerprint density at radius 1 is 1.35 bits per heavy atom. The zero-order valence-electron chi connectivity index (χ0n) is 13.2. The van der Waals surface area contributed by atoms with E-state index in [1.54, 1.807) is 12.0 Å². The number of ether oxygens (including phenoxy) is 1. The van der Waals surface area contributed by atoms with Gasteiger partial charge in [-0.1, -0.05) is 13.8 Å². The number of carbonyl (C=O) groups excluding carboxylic acids is 1. The second kappa shape index (κ2) is 8.79. The molecule has 0 unspecified atom stereocenters. The Balaban J connectivity index is 4.51. The van der Waals surface area contributed by atoms with Gasteiger partial charge in [0, 0.05) is 32.2 Å². The number of urea groups is 1. The number of carbonyl (C=O) groups is 2. The zero-order chi connectivity index (χ0) is 15.8. The molecular formula is C14H28N2O4. The van der Waals surface area contributed by atoms with Crippen molar-refractivity contribution < 1.29 is 19.4 Å². The van der Waals surface area contributed by atoms with Crippen molar-refractivity contribution in [3.05, 3.63) is 0 Å². The van der Waals surface area contributed by atoms with Gasteiger partial charge < -0.3 is 20.1 Å². The van der Waals surface area contributed by atoms with Crippen LogP contribution in [0.25, 0.3) is 0 Å². The monoisotopic (exact) mass is 288 g/mol. The minimum atomic E-state index is -0.856. The van der Waals surface area contributed by atoms with Crippen molar-refractivity contribution in [3.8, 4) is 0 Å². The topological polar surface area (TPSA) is 78.9 Å². The van der Waals surface area contributed by atoms with Gasteiger partial charge in [0.25, 0.3) is 0 Å². The molecule has 118 valence electrons. The molecule has 0 aromatic heterocycles. The first kappa shape index (κ1) is 18.7. The maximum atomic E-state index is 12.3. The van der Waals surface area contributed by atoms with E-state index in [4.69, 9.17) is 9.84 Å². The van der Waals surface area contributed by atoms with Crippen LogP contribution >= 0.6 is 0 Å². The van der Waals surface area contributed by atoms with E-state index in [1.807, 2.05) is 27.7 Å². The van der Waals surface area contributed by atoms with Gasteiger partial charge in [-0.3, -0.25) is 4.79 Å². The van der Waals surface area contributed by atoms with Gasteiger partial charge in [0.2, 0.25) is 0 Å². The van der Waals surface area contributed by atoms with Crippen molar-refractivity contribution in [3.63, 3.8) is 0 Å². The van der Waals surface area contributed by atoms with Gasteiger partial charge in [-0.2, -0.15) is 0 Å². The van der Waals surface area contributed by atoms with Crippen LogP contribution in [0.5, 0.6) is 0 Å². The lowest BCUT2D eigenvalue weighted by Crippen LogP contribution is -2.51. The van der Waals surface area contributed by atoms with Gasteiger partial charge in [-0.25, -0.2) is 4.79 Å². The van der Waals surface area contributed by atoms with Crippen LogP contribution in [0.2, 0.25) is 0 Å². The molecule has 0 bridgehead atoms. The number of carboxylic acids is 1.